The molecule has 0 aromatic heterocycles. The lowest BCUT2D eigenvalue weighted by molar-refractivity contribution is 0.0977. The lowest BCUT2D eigenvalue weighted by atomic mass is 10.2. The Morgan fingerprint density at radius 1 is 1.07 bits per heavy atom. The standard InChI is InChI=1S/C20H24N2O4S/c1-5-13(2)26-15-8-6-14(7-9-15)19(23)22-20(27)21-17-11-10-16(24-3)12-18(17)25-4/h6-13H,5H2,1-4H3,(H2,21,22,23,27). The van der Waals surface area contributed by atoms with Crippen LogP contribution in [0.15, 0.2) is 42.5 Å². The van der Waals surface area contributed by atoms with Crippen molar-refractivity contribution in [2.75, 3.05) is 19.5 Å². The third-order valence-corrected chi connectivity index (χ3v) is 4.12. The van der Waals surface area contributed by atoms with Crippen molar-refractivity contribution >= 4 is 28.9 Å². The van der Waals surface area contributed by atoms with Crippen LogP contribution < -0.4 is 24.8 Å². The van der Waals surface area contributed by atoms with Gasteiger partial charge in [0.25, 0.3) is 5.91 Å². The molecule has 0 saturated heterocycles. The third kappa shape index (κ3) is 5.86. The maximum Gasteiger partial charge on any atom is 0.257 e. The van der Waals surface area contributed by atoms with Gasteiger partial charge in [-0.3, -0.25) is 10.1 Å². The molecule has 2 N–H and O–H groups in total. The van der Waals surface area contributed by atoms with Gasteiger partial charge in [0.15, 0.2) is 5.11 Å². The van der Waals surface area contributed by atoms with Gasteiger partial charge in [-0.1, -0.05) is 6.92 Å². The maximum absolute atomic E-state index is 12.4. The molecule has 2 aromatic rings. The number of hydrogen-bond acceptors (Lipinski definition) is 5. The molecule has 27 heavy (non-hydrogen) atoms. The predicted molar refractivity (Wildman–Crippen MR) is 110 cm³/mol. The van der Waals surface area contributed by atoms with Gasteiger partial charge < -0.3 is 19.5 Å². The lowest BCUT2D eigenvalue weighted by Gasteiger charge is -2.14. The molecular weight excluding hydrogens is 364 g/mol. The molecule has 0 radical (unpaired) electrons. The molecule has 1 atom stereocenters. The van der Waals surface area contributed by atoms with E-state index in [0.29, 0.717) is 22.7 Å². The monoisotopic (exact) mass is 388 g/mol. The van der Waals surface area contributed by atoms with Gasteiger partial charge in [0.1, 0.15) is 17.2 Å². The van der Waals surface area contributed by atoms with E-state index in [1.807, 2.05) is 6.92 Å². The van der Waals surface area contributed by atoms with E-state index in [9.17, 15) is 4.79 Å². The van der Waals surface area contributed by atoms with Crippen molar-refractivity contribution in [1.29, 1.82) is 0 Å². The number of anilines is 1. The zero-order chi connectivity index (χ0) is 19.8. The van der Waals surface area contributed by atoms with E-state index in [1.165, 1.54) is 0 Å². The average molecular weight is 388 g/mol. The third-order valence-electron chi connectivity index (χ3n) is 3.91. The van der Waals surface area contributed by atoms with Gasteiger partial charge in [0.2, 0.25) is 0 Å². The van der Waals surface area contributed by atoms with Gasteiger partial charge in [0, 0.05) is 11.6 Å². The van der Waals surface area contributed by atoms with Crippen molar-refractivity contribution in [3.05, 3.63) is 48.0 Å². The number of methoxy groups -OCH3 is 2. The summed E-state index contributed by atoms with van der Waals surface area (Å²) in [6.45, 7) is 4.05. The molecule has 0 bridgehead atoms. The van der Waals surface area contributed by atoms with Gasteiger partial charge in [-0.05, 0) is 62.0 Å². The summed E-state index contributed by atoms with van der Waals surface area (Å²) in [5.41, 5.74) is 1.11. The van der Waals surface area contributed by atoms with Crippen LogP contribution >= 0.6 is 12.2 Å². The number of thiocarbonyl (C=S) groups is 1. The molecule has 0 aliphatic heterocycles. The predicted octanol–water partition coefficient (Wildman–Crippen LogP) is 4.01. The average Bonchev–Trinajstić information content (AvgIpc) is 2.68. The van der Waals surface area contributed by atoms with Crippen LogP contribution in [0.2, 0.25) is 0 Å². The van der Waals surface area contributed by atoms with E-state index in [-0.39, 0.29) is 17.1 Å². The van der Waals surface area contributed by atoms with E-state index < -0.39 is 0 Å². The van der Waals surface area contributed by atoms with Crippen molar-refractivity contribution in [2.24, 2.45) is 0 Å². The smallest absolute Gasteiger partial charge is 0.257 e. The normalized spacial score (nSPS) is 11.3. The molecule has 0 aliphatic rings. The van der Waals surface area contributed by atoms with Crippen LogP contribution in [-0.4, -0.2) is 31.3 Å². The molecule has 1 amide bonds. The lowest BCUT2D eigenvalue weighted by Crippen LogP contribution is -2.34. The topological polar surface area (TPSA) is 68.8 Å². The molecule has 0 saturated carbocycles. The Morgan fingerprint density at radius 2 is 1.74 bits per heavy atom. The number of carbonyl (C=O) groups is 1. The van der Waals surface area contributed by atoms with Gasteiger partial charge >= 0.3 is 0 Å². The van der Waals surface area contributed by atoms with E-state index in [0.717, 1.165) is 12.2 Å². The quantitative estimate of drug-likeness (QED) is 0.699. The summed E-state index contributed by atoms with van der Waals surface area (Å²) in [7, 11) is 3.12. The minimum absolute atomic E-state index is 0.126. The molecule has 7 heteroatoms. The van der Waals surface area contributed by atoms with Crippen LogP contribution in [0.25, 0.3) is 0 Å². The highest BCUT2D eigenvalue weighted by Crippen LogP contribution is 2.28. The number of amides is 1. The SMILES string of the molecule is CCC(C)Oc1ccc(C(=O)NC(=S)Nc2ccc(OC)cc2OC)cc1. The van der Waals surface area contributed by atoms with Gasteiger partial charge in [-0.25, -0.2) is 0 Å². The van der Waals surface area contributed by atoms with E-state index in [4.69, 9.17) is 26.4 Å². The summed E-state index contributed by atoms with van der Waals surface area (Å²) in [6, 6.07) is 12.2. The molecule has 0 heterocycles. The second-order valence-electron chi connectivity index (χ2n) is 5.84. The van der Waals surface area contributed by atoms with Crippen molar-refractivity contribution in [3.8, 4) is 17.2 Å². The summed E-state index contributed by atoms with van der Waals surface area (Å²) < 4.78 is 16.2. The Bertz CT molecular complexity index is 793. The summed E-state index contributed by atoms with van der Waals surface area (Å²) in [6.07, 6.45) is 1.04. The van der Waals surface area contributed by atoms with Crippen LogP contribution in [0, 0.1) is 0 Å². The van der Waals surface area contributed by atoms with Crippen LogP contribution in [0.4, 0.5) is 5.69 Å². The van der Waals surface area contributed by atoms with E-state index in [2.05, 4.69) is 17.6 Å². The van der Waals surface area contributed by atoms with Crippen LogP contribution in [0.5, 0.6) is 17.2 Å². The number of nitrogens with one attached hydrogen (secondary N) is 2. The Morgan fingerprint density at radius 3 is 2.33 bits per heavy atom. The molecule has 144 valence electrons. The van der Waals surface area contributed by atoms with Gasteiger partial charge in [-0.15, -0.1) is 0 Å². The Labute approximate surface area is 164 Å². The Kier molecular flexibility index (Phi) is 7.43. The number of hydrogen-bond donors (Lipinski definition) is 2. The minimum atomic E-state index is -0.310. The summed E-state index contributed by atoms with van der Waals surface area (Å²) in [5, 5.41) is 5.77. The number of carbonyl (C=O) groups excluding carboxylic acids is 1. The van der Waals surface area contributed by atoms with Gasteiger partial charge in [0.05, 0.1) is 26.0 Å². The summed E-state index contributed by atoms with van der Waals surface area (Å²) in [5.74, 6) is 1.63. The molecule has 6 nitrogen and oxygen atoms in total. The van der Waals surface area contributed by atoms with Crippen LogP contribution in [-0.2, 0) is 0 Å². The molecule has 0 spiro atoms. The second-order valence-corrected chi connectivity index (χ2v) is 6.24. The highest BCUT2D eigenvalue weighted by atomic mass is 32.1. The molecule has 2 rings (SSSR count). The first kappa shape index (κ1) is 20.5. The summed E-state index contributed by atoms with van der Waals surface area (Å²) in [4.78, 5) is 12.4. The van der Waals surface area contributed by atoms with Crippen LogP contribution in [0.3, 0.4) is 0 Å². The Balaban J connectivity index is 1.98. The first-order chi connectivity index (χ1) is 13.0. The highest BCUT2D eigenvalue weighted by Gasteiger charge is 2.11. The first-order valence-corrected chi connectivity index (χ1v) is 8.98. The molecule has 2 aromatic carbocycles. The second kappa shape index (κ2) is 9.78. The fraction of sp³-hybridized carbons (Fsp3) is 0.300. The molecule has 1 unspecified atom stereocenters. The van der Waals surface area contributed by atoms with Gasteiger partial charge in [-0.2, -0.15) is 0 Å². The Hall–Kier alpha value is -2.80. The van der Waals surface area contributed by atoms with E-state index in [1.54, 1.807) is 56.7 Å². The van der Waals surface area contributed by atoms with Crippen molar-refractivity contribution in [3.63, 3.8) is 0 Å². The van der Waals surface area contributed by atoms with Crippen molar-refractivity contribution in [1.82, 2.24) is 5.32 Å². The number of rotatable bonds is 7. The summed E-state index contributed by atoms with van der Waals surface area (Å²) >= 11 is 5.23. The van der Waals surface area contributed by atoms with Crippen molar-refractivity contribution in [2.45, 2.75) is 26.4 Å². The van der Waals surface area contributed by atoms with Crippen LogP contribution in [0.1, 0.15) is 30.6 Å². The number of benzene rings is 2. The molecule has 0 aliphatic carbocycles. The largest absolute Gasteiger partial charge is 0.497 e. The molecular formula is C20H24N2O4S. The minimum Gasteiger partial charge on any atom is -0.497 e. The van der Waals surface area contributed by atoms with E-state index >= 15 is 0 Å². The first-order valence-electron chi connectivity index (χ1n) is 8.57. The fourth-order valence-electron chi connectivity index (χ4n) is 2.23. The molecule has 0 fully saturated rings. The highest BCUT2D eigenvalue weighted by molar-refractivity contribution is 7.80. The zero-order valence-corrected chi connectivity index (χ0v) is 16.7. The number of ether oxygens (including phenoxy) is 3. The zero-order valence-electron chi connectivity index (χ0n) is 15.9. The fourth-order valence-corrected chi connectivity index (χ4v) is 2.43. The maximum atomic E-state index is 12.4. The van der Waals surface area contributed by atoms with Crippen molar-refractivity contribution < 1.29 is 19.0 Å².